The Hall–Kier alpha value is -2.44. The van der Waals surface area contributed by atoms with Crippen LogP contribution in [-0.4, -0.2) is 69.1 Å². The molecule has 1 aliphatic heterocycles. The molecular weight excluding hydrogens is 348 g/mol. The number of hydrogen-bond donors (Lipinski definition) is 0. The average Bonchev–Trinajstić information content (AvgIpc) is 3.26. The Balaban J connectivity index is 1.68. The summed E-state index contributed by atoms with van der Waals surface area (Å²) in [4.78, 5) is 29.2. The summed E-state index contributed by atoms with van der Waals surface area (Å²) in [6.45, 7) is 2.25. The first-order valence-electron chi connectivity index (χ1n) is 9.47. The molecule has 1 aromatic carbocycles. The van der Waals surface area contributed by atoms with Crippen molar-refractivity contribution >= 4 is 11.8 Å². The molecule has 1 saturated heterocycles. The summed E-state index contributed by atoms with van der Waals surface area (Å²) in [5.41, 5.74) is 0.486. The zero-order valence-electron chi connectivity index (χ0n) is 16.3. The molecule has 0 unspecified atom stereocenters. The summed E-state index contributed by atoms with van der Waals surface area (Å²) in [6.07, 6.45) is 4.30. The van der Waals surface area contributed by atoms with E-state index in [4.69, 9.17) is 14.2 Å². The largest absolute Gasteiger partial charge is 0.493 e. The Morgan fingerprint density at radius 3 is 1.85 bits per heavy atom. The topological polar surface area (TPSA) is 68.3 Å². The number of amides is 2. The van der Waals surface area contributed by atoms with Crippen LogP contribution in [0.3, 0.4) is 0 Å². The lowest BCUT2D eigenvalue weighted by Gasteiger charge is -2.36. The number of carbonyl (C=O) groups excluding carboxylic acids is 2. The third-order valence-electron chi connectivity index (χ3n) is 5.49. The zero-order valence-corrected chi connectivity index (χ0v) is 16.3. The molecule has 7 heteroatoms. The first-order chi connectivity index (χ1) is 13.1. The molecule has 0 bridgehead atoms. The van der Waals surface area contributed by atoms with Gasteiger partial charge in [0.05, 0.1) is 21.3 Å². The molecule has 2 aliphatic rings. The summed E-state index contributed by atoms with van der Waals surface area (Å²) < 4.78 is 16.0. The molecular formula is C20H28N2O5. The Kier molecular flexibility index (Phi) is 6.08. The summed E-state index contributed by atoms with van der Waals surface area (Å²) in [7, 11) is 4.58. The quantitative estimate of drug-likeness (QED) is 0.788. The number of nitrogens with zero attached hydrogens (tertiary/aromatic N) is 2. The summed E-state index contributed by atoms with van der Waals surface area (Å²) >= 11 is 0. The molecule has 1 heterocycles. The molecule has 1 saturated carbocycles. The van der Waals surface area contributed by atoms with E-state index >= 15 is 0 Å². The van der Waals surface area contributed by atoms with Gasteiger partial charge in [-0.05, 0) is 25.0 Å². The summed E-state index contributed by atoms with van der Waals surface area (Å²) in [5, 5.41) is 0. The Labute approximate surface area is 160 Å². The number of ether oxygens (including phenoxy) is 3. The molecule has 148 valence electrons. The van der Waals surface area contributed by atoms with Gasteiger partial charge < -0.3 is 24.0 Å². The van der Waals surface area contributed by atoms with E-state index in [1.807, 2.05) is 4.90 Å². The third kappa shape index (κ3) is 3.96. The van der Waals surface area contributed by atoms with Gasteiger partial charge in [-0.15, -0.1) is 0 Å². The predicted octanol–water partition coefficient (Wildman–Crippen LogP) is 2.19. The fourth-order valence-corrected chi connectivity index (χ4v) is 3.95. The zero-order chi connectivity index (χ0) is 19.4. The van der Waals surface area contributed by atoms with Crippen molar-refractivity contribution in [3.05, 3.63) is 17.7 Å². The maximum absolute atomic E-state index is 12.9. The maximum atomic E-state index is 12.9. The standard InChI is InChI=1S/C20H28N2O5/c1-25-16-12-15(13-17(26-2)18(16)27-3)20(24)22-10-8-21(9-11-22)19(23)14-6-4-5-7-14/h12-14H,4-11H2,1-3H3. The Bertz CT molecular complexity index is 667. The number of rotatable bonds is 5. The fourth-order valence-electron chi connectivity index (χ4n) is 3.95. The monoisotopic (exact) mass is 376 g/mol. The van der Waals surface area contributed by atoms with Crippen molar-refractivity contribution in [3.63, 3.8) is 0 Å². The van der Waals surface area contributed by atoms with Crippen LogP contribution in [-0.2, 0) is 4.79 Å². The van der Waals surface area contributed by atoms with Crippen LogP contribution in [0.4, 0.5) is 0 Å². The minimum Gasteiger partial charge on any atom is -0.493 e. The van der Waals surface area contributed by atoms with Crippen molar-refractivity contribution in [2.45, 2.75) is 25.7 Å². The molecule has 3 rings (SSSR count). The van der Waals surface area contributed by atoms with Crippen LogP contribution in [0, 0.1) is 5.92 Å². The van der Waals surface area contributed by atoms with Crippen LogP contribution >= 0.6 is 0 Å². The van der Waals surface area contributed by atoms with Gasteiger partial charge in [0.25, 0.3) is 5.91 Å². The van der Waals surface area contributed by atoms with Crippen molar-refractivity contribution in [1.29, 1.82) is 0 Å². The molecule has 0 spiro atoms. The lowest BCUT2D eigenvalue weighted by Crippen LogP contribution is -2.51. The minimum atomic E-state index is -0.0952. The third-order valence-corrected chi connectivity index (χ3v) is 5.49. The maximum Gasteiger partial charge on any atom is 0.254 e. The molecule has 2 amide bonds. The van der Waals surface area contributed by atoms with Crippen molar-refractivity contribution in [2.75, 3.05) is 47.5 Å². The van der Waals surface area contributed by atoms with Crippen molar-refractivity contribution in [3.8, 4) is 17.2 Å². The SMILES string of the molecule is COc1cc(C(=O)N2CCN(C(=O)C3CCCC3)CC2)cc(OC)c1OC. The highest BCUT2D eigenvalue weighted by atomic mass is 16.5. The molecule has 0 N–H and O–H groups in total. The van der Waals surface area contributed by atoms with E-state index in [1.165, 1.54) is 21.3 Å². The molecule has 2 fully saturated rings. The second kappa shape index (κ2) is 8.50. The average molecular weight is 376 g/mol. The highest BCUT2D eigenvalue weighted by Crippen LogP contribution is 2.38. The van der Waals surface area contributed by atoms with E-state index in [0.717, 1.165) is 25.7 Å². The smallest absolute Gasteiger partial charge is 0.254 e. The van der Waals surface area contributed by atoms with Crippen LogP contribution in [0.25, 0.3) is 0 Å². The van der Waals surface area contributed by atoms with Crippen LogP contribution in [0.5, 0.6) is 17.2 Å². The fraction of sp³-hybridized carbons (Fsp3) is 0.600. The van der Waals surface area contributed by atoms with Gasteiger partial charge in [0.1, 0.15) is 0 Å². The molecule has 1 aromatic rings. The predicted molar refractivity (Wildman–Crippen MR) is 101 cm³/mol. The molecule has 27 heavy (non-hydrogen) atoms. The minimum absolute atomic E-state index is 0.0952. The number of piperazine rings is 1. The number of carbonyl (C=O) groups is 2. The van der Waals surface area contributed by atoms with Gasteiger partial charge in [0.15, 0.2) is 11.5 Å². The highest BCUT2D eigenvalue weighted by Gasteiger charge is 2.31. The Morgan fingerprint density at radius 2 is 1.37 bits per heavy atom. The second-order valence-electron chi connectivity index (χ2n) is 7.01. The lowest BCUT2D eigenvalue weighted by molar-refractivity contribution is -0.136. The lowest BCUT2D eigenvalue weighted by atomic mass is 10.1. The van der Waals surface area contributed by atoms with Crippen LogP contribution < -0.4 is 14.2 Å². The van der Waals surface area contributed by atoms with Crippen molar-refractivity contribution in [2.24, 2.45) is 5.92 Å². The van der Waals surface area contributed by atoms with Crippen molar-refractivity contribution < 1.29 is 23.8 Å². The van der Waals surface area contributed by atoms with Gasteiger partial charge in [-0.2, -0.15) is 0 Å². The van der Waals surface area contributed by atoms with Gasteiger partial charge in [0, 0.05) is 37.7 Å². The van der Waals surface area contributed by atoms with Crippen LogP contribution in [0.1, 0.15) is 36.0 Å². The number of methoxy groups -OCH3 is 3. The number of benzene rings is 1. The van der Waals surface area contributed by atoms with E-state index < -0.39 is 0 Å². The molecule has 7 nitrogen and oxygen atoms in total. The second-order valence-corrected chi connectivity index (χ2v) is 7.01. The van der Waals surface area contributed by atoms with E-state index in [1.54, 1.807) is 17.0 Å². The first-order valence-corrected chi connectivity index (χ1v) is 9.47. The molecule has 1 aliphatic carbocycles. The van der Waals surface area contributed by atoms with E-state index in [9.17, 15) is 9.59 Å². The number of hydrogen-bond acceptors (Lipinski definition) is 5. The summed E-state index contributed by atoms with van der Waals surface area (Å²) in [5.74, 6) is 1.71. The van der Waals surface area contributed by atoms with Gasteiger partial charge in [0.2, 0.25) is 11.7 Å². The van der Waals surface area contributed by atoms with E-state index in [-0.39, 0.29) is 17.7 Å². The molecule has 0 aromatic heterocycles. The van der Waals surface area contributed by atoms with E-state index in [0.29, 0.717) is 49.0 Å². The molecule has 0 radical (unpaired) electrons. The van der Waals surface area contributed by atoms with Gasteiger partial charge in [-0.1, -0.05) is 12.8 Å². The van der Waals surface area contributed by atoms with Gasteiger partial charge >= 0.3 is 0 Å². The van der Waals surface area contributed by atoms with Gasteiger partial charge in [-0.3, -0.25) is 9.59 Å². The van der Waals surface area contributed by atoms with Crippen LogP contribution in [0.15, 0.2) is 12.1 Å². The van der Waals surface area contributed by atoms with E-state index in [2.05, 4.69) is 0 Å². The summed E-state index contributed by atoms with van der Waals surface area (Å²) in [6, 6.07) is 3.33. The first kappa shape index (κ1) is 19.3. The highest BCUT2D eigenvalue weighted by molar-refractivity contribution is 5.96. The Morgan fingerprint density at radius 1 is 0.852 bits per heavy atom. The van der Waals surface area contributed by atoms with Crippen molar-refractivity contribution in [1.82, 2.24) is 9.80 Å². The van der Waals surface area contributed by atoms with Gasteiger partial charge in [-0.25, -0.2) is 0 Å². The normalized spacial score (nSPS) is 17.7. The van der Waals surface area contributed by atoms with Crippen LogP contribution in [0.2, 0.25) is 0 Å². The molecule has 0 atom stereocenters.